The molecule has 136 valence electrons. The van der Waals surface area contributed by atoms with E-state index in [4.69, 9.17) is 10.00 Å². The highest BCUT2D eigenvalue weighted by atomic mass is 32.1. The van der Waals surface area contributed by atoms with E-state index >= 15 is 0 Å². The number of rotatable bonds is 8. The smallest absolute Gasteiger partial charge is 0.280 e. The van der Waals surface area contributed by atoms with Gasteiger partial charge in [0.15, 0.2) is 13.1 Å². The summed E-state index contributed by atoms with van der Waals surface area (Å²) in [6.45, 7) is 2.84. The number of methoxy groups -OCH3 is 1. The van der Waals surface area contributed by atoms with Gasteiger partial charge in [-0.1, -0.05) is 6.07 Å². The Morgan fingerprint density at radius 3 is 2.62 bits per heavy atom. The van der Waals surface area contributed by atoms with E-state index in [1.54, 1.807) is 42.8 Å². The summed E-state index contributed by atoms with van der Waals surface area (Å²) in [5.74, 6) is 0.248. The third-order valence-corrected chi connectivity index (χ3v) is 4.54. The van der Waals surface area contributed by atoms with Crippen LogP contribution in [0.4, 0.5) is 10.7 Å². The number of nitrogens with one attached hydrogen (secondary N) is 3. The Morgan fingerprint density at radius 1 is 1.23 bits per heavy atom. The Hall–Kier alpha value is -2.89. The van der Waals surface area contributed by atoms with E-state index in [0.717, 1.165) is 4.90 Å². The number of nitrogens with zero attached hydrogens (tertiary/aromatic N) is 1. The second-order valence-corrected chi connectivity index (χ2v) is 6.48. The zero-order chi connectivity index (χ0) is 18.9. The van der Waals surface area contributed by atoms with E-state index in [9.17, 15) is 9.59 Å². The molecule has 2 rings (SSSR count). The predicted octanol–water partition coefficient (Wildman–Crippen LogP) is 1.11. The maximum Gasteiger partial charge on any atom is 0.280 e. The van der Waals surface area contributed by atoms with Crippen LogP contribution in [0.15, 0.2) is 35.7 Å². The largest absolute Gasteiger partial charge is 0.497 e. The van der Waals surface area contributed by atoms with Crippen molar-refractivity contribution in [3.8, 4) is 11.8 Å². The summed E-state index contributed by atoms with van der Waals surface area (Å²) in [6.07, 6.45) is 0. The predicted molar refractivity (Wildman–Crippen MR) is 101 cm³/mol. The van der Waals surface area contributed by atoms with Crippen LogP contribution in [-0.4, -0.2) is 38.6 Å². The minimum atomic E-state index is -0.227. The summed E-state index contributed by atoms with van der Waals surface area (Å²) in [6, 6.07) is 10.8. The highest BCUT2D eigenvalue weighted by Gasteiger charge is 2.18. The number of carbonyl (C=O) groups is 2. The van der Waals surface area contributed by atoms with Crippen LogP contribution < -0.4 is 20.3 Å². The van der Waals surface area contributed by atoms with Crippen molar-refractivity contribution in [3.63, 3.8) is 0 Å². The maximum absolute atomic E-state index is 12.2. The molecule has 2 amide bonds. The summed E-state index contributed by atoms with van der Waals surface area (Å²) < 4.78 is 5.13. The van der Waals surface area contributed by atoms with Crippen molar-refractivity contribution in [1.29, 1.82) is 5.26 Å². The normalized spacial score (nSPS) is 11.3. The molecule has 0 fully saturated rings. The average Bonchev–Trinajstić information content (AvgIpc) is 3.08. The number of hydrogen-bond acceptors (Lipinski definition) is 5. The quantitative estimate of drug-likeness (QED) is 0.646. The van der Waals surface area contributed by atoms with Gasteiger partial charge in [-0.25, -0.2) is 0 Å². The Morgan fingerprint density at radius 2 is 1.96 bits per heavy atom. The maximum atomic E-state index is 12.2. The molecule has 7 nitrogen and oxygen atoms in total. The van der Waals surface area contributed by atoms with Gasteiger partial charge in [-0.3, -0.25) is 9.59 Å². The number of anilines is 2. The summed E-state index contributed by atoms with van der Waals surface area (Å²) in [4.78, 5) is 25.2. The van der Waals surface area contributed by atoms with Gasteiger partial charge in [0, 0.05) is 11.8 Å². The standard InChI is InChI=1S/C18H20N4O3S/c1-3-22(12-17(24)21-18-13(10-19)7-8-26-18)11-16(23)20-14-5-4-6-15(9-14)25-2/h4-9H,3,11-12H2,1-2H3,(H,20,23)(H,21,24)/p+1. The zero-order valence-corrected chi connectivity index (χ0v) is 15.5. The first-order valence-electron chi connectivity index (χ1n) is 8.10. The van der Waals surface area contributed by atoms with Crippen molar-refractivity contribution < 1.29 is 19.2 Å². The summed E-state index contributed by atoms with van der Waals surface area (Å²) in [7, 11) is 1.56. The first kappa shape index (κ1) is 19.4. The van der Waals surface area contributed by atoms with E-state index in [0.29, 0.717) is 28.5 Å². The van der Waals surface area contributed by atoms with Crippen molar-refractivity contribution in [1.82, 2.24) is 0 Å². The third kappa shape index (κ3) is 5.58. The number of benzene rings is 1. The summed E-state index contributed by atoms with van der Waals surface area (Å²) >= 11 is 1.30. The first-order chi connectivity index (χ1) is 12.5. The van der Waals surface area contributed by atoms with Crippen LogP contribution in [0, 0.1) is 11.3 Å². The molecule has 1 aromatic heterocycles. The lowest BCUT2D eigenvalue weighted by Gasteiger charge is -2.17. The molecule has 0 saturated heterocycles. The molecule has 26 heavy (non-hydrogen) atoms. The first-order valence-corrected chi connectivity index (χ1v) is 8.98. The van der Waals surface area contributed by atoms with Crippen LogP contribution in [0.3, 0.4) is 0 Å². The highest BCUT2D eigenvalue weighted by molar-refractivity contribution is 7.14. The minimum Gasteiger partial charge on any atom is -0.497 e. The van der Waals surface area contributed by atoms with E-state index in [1.807, 2.05) is 13.0 Å². The van der Waals surface area contributed by atoms with Gasteiger partial charge in [0.25, 0.3) is 11.8 Å². The van der Waals surface area contributed by atoms with Gasteiger partial charge in [0.05, 0.1) is 19.2 Å². The molecule has 0 aliphatic rings. The van der Waals surface area contributed by atoms with Gasteiger partial charge in [-0.2, -0.15) is 5.26 Å². The van der Waals surface area contributed by atoms with Crippen molar-refractivity contribution in [3.05, 3.63) is 41.3 Å². The molecule has 0 spiro atoms. The van der Waals surface area contributed by atoms with Crippen LogP contribution in [0.5, 0.6) is 5.75 Å². The fourth-order valence-electron chi connectivity index (χ4n) is 2.34. The molecule has 2 aromatic rings. The summed E-state index contributed by atoms with van der Waals surface area (Å²) in [5.41, 5.74) is 1.09. The van der Waals surface area contributed by atoms with E-state index in [1.165, 1.54) is 11.3 Å². The van der Waals surface area contributed by atoms with E-state index in [2.05, 4.69) is 10.6 Å². The molecule has 1 unspecified atom stereocenters. The van der Waals surface area contributed by atoms with Crippen LogP contribution in [0.1, 0.15) is 12.5 Å². The molecule has 0 bridgehead atoms. The third-order valence-electron chi connectivity index (χ3n) is 3.71. The molecule has 1 heterocycles. The van der Waals surface area contributed by atoms with Crippen molar-refractivity contribution in [2.75, 3.05) is 37.4 Å². The number of nitriles is 1. The number of thiophene rings is 1. The Balaban J connectivity index is 1.88. The number of ether oxygens (including phenoxy) is 1. The lowest BCUT2D eigenvalue weighted by Crippen LogP contribution is -3.13. The van der Waals surface area contributed by atoms with Crippen molar-refractivity contribution >= 4 is 33.8 Å². The lowest BCUT2D eigenvalue weighted by atomic mass is 10.3. The number of quaternary nitrogens is 1. The molecule has 0 aliphatic carbocycles. The molecular formula is C18H21N4O3S+. The second kappa shape index (κ2) is 9.56. The second-order valence-electron chi connectivity index (χ2n) is 5.56. The molecule has 8 heteroatoms. The Labute approximate surface area is 156 Å². The fourth-order valence-corrected chi connectivity index (χ4v) is 3.09. The lowest BCUT2D eigenvalue weighted by molar-refractivity contribution is -0.881. The molecule has 1 aromatic carbocycles. The number of amides is 2. The Bertz CT molecular complexity index is 813. The highest BCUT2D eigenvalue weighted by Crippen LogP contribution is 2.21. The van der Waals surface area contributed by atoms with E-state index in [-0.39, 0.29) is 24.9 Å². The van der Waals surface area contributed by atoms with Crippen LogP contribution in [0.2, 0.25) is 0 Å². The van der Waals surface area contributed by atoms with Gasteiger partial charge >= 0.3 is 0 Å². The number of likely N-dealkylation sites (N-methyl/N-ethyl adjacent to an activating group) is 1. The average molecular weight is 373 g/mol. The molecular weight excluding hydrogens is 352 g/mol. The molecule has 0 saturated carbocycles. The van der Waals surface area contributed by atoms with Gasteiger partial charge in [0.1, 0.15) is 16.8 Å². The van der Waals surface area contributed by atoms with Crippen LogP contribution in [0.25, 0.3) is 0 Å². The zero-order valence-electron chi connectivity index (χ0n) is 14.7. The monoisotopic (exact) mass is 373 g/mol. The fraction of sp³-hybridized carbons (Fsp3) is 0.278. The minimum absolute atomic E-state index is 0.144. The number of carbonyl (C=O) groups excluding carboxylic acids is 2. The topological polar surface area (TPSA) is 95.7 Å². The van der Waals surface area contributed by atoms with Crippen LogP contribution in [-0.2, 0) is 9.59 Å². The molecule has 0 radical (unpaired) electrons. The van der Waals surface area contributed by atoms with Gasteiger partial charge in [0.2, 0.25) is 0 Å². The number of hydrogen-bond donors (Lipinski definition) is 3. The van der Waals surface area contributed by atoms with Crippen molar-refractivity contribution in [2.24, 2.45) is 0 Å². The SMILES string of the molecule is CC[NH+](CC(=O)Nc1cccc(OC)c1)CC(=O)Nc1sccc1C#N. The van der Waals surface area contributed by atoms with Crippen LogP contribution >= 0.6 is 11.3 Å². The van der Waals surface area contributed by atoms with Crippen molar-refractivity contribution in [2.45, 2.75) is 6.92 Å². The summed E-state index contributed by atoms with van der Waals surface area (Å²) in [5, 5.41) is 16.8. The molecule has 3 N–H and O–H groups in total. The van der Waals surface area contributed by atoms with Gasteiger partial charge in [-0.15, -0.1) is 11.3 Å². The molecule has 0 aliphatic heterocycles. The van der Waals surface area contributed by atoms with Gasteiger partial charge < -0.3 is 20.3 Å². The van der Waals surface area contributed by atoms with E-state index < -0.39 is 0 Å². The van der Waals surface area contributed by atoms with Gasteiger partial charge in [-0.05, 0) is 30.5 Å². The Kier molecular flexibility index (Phi) is 7.14. The molecule has 1 atom stereocenters.